The highest BCUT2D eigenvalue weighted by Crippen LogP contribution is 2.37. The van der Waals surface area contributed by atoms with Crippen molar-refractivity contribution in [3.63, 3.8) is 0 Å². The highest BCUT2D eigenvalue weighted by molar-refractivity contribution is 7.86. The summed E-state index contributed by atoms with van der Waals surface area (Å²) in [5.74, 6) is -0.0246. The molecule has 0 spiro atoms. The van der Waals surface area contributed by atoms with Gasteiger partial charge in [0.25, 0.3) is 18.4 Å². The molecule has 0 aromatic heterocycles. The first-order valence-electron chi connectivity index (χ1n) is 10.3. The van der Waals surface area contributed by atoms with E-state index in [-0.39, 0.29) is 11.0 Å². The molecule has 0 unspecified atom stereocenters. The van der Waals surface area contributed by atoms with Gasteiger partial charge in [-0.15, -0.1) is 6.58 Å². The summed E-state index contributed by atoms with van der Waals surface area (Å²) < 4.78 is 34.9. The molecule has 0 aliphatic carbocycles. The molecule has 164 valence electrons. The van der Waals surface area contributed by atoms with Gasteiger partial charge in [-0.3, -0.25) is 4.18 Å². The van der Waals surface area contributed by atoms with Crippen LogP contribution < -0.4 is 10.4 Å². The van der Waals surface area contributed by atoms with Crippen LogP contribution in [-0.2, 0) is 18.7 Å². The minimum atomic E-state index is -3.50. The first kappa shape index (κ1) is 24.5. The molecular weight excluding hydrogens is 412 g/mol. The minimum absolute atomic E-state index is 0.0246. The van der Waals surface area contributed by atoms with Crippen molar-refractivity contribution in [3.05, 3.63) is 73.3 Å². The quantitative estimate of drug-likeness (QED) is 0.313. The Hall–Kier alpha value is -1.73. The minimum Gasteiger partial charge on any atom is -0.407 e. The van der Waals surface area contributed by atoms with Crippen LogP contribution in [0.1, 0.15) is 34.1 Å². The van der Waals surface area contributed by atoms with Gasteiger partial charge in [0, 0.05) is 12.5 Å². The van der Waals surface area contributed by atoms with Crippen molar-refractivity contribution in [1.82, 2.24) is 0 Å². The predicted molar refractivity (Wildman–Crippen MR) is 127 cm³/mol. The normalized spacial score (nSPS) is 14.8. The smallest absolute Gasteiger partial charge is 0.264 e. The average Bonchev–Trinajstić information content (AvgIpc) is 2.66. The Labute approximate surface area is 183 Å². The van der Waals surface area contributed by atoms with Crippen LogP contribution >= 0.6 is 0 Å². The van der Waals surface area contributed by atoms with Crippen LogP contribution in [0.25, 0.3) is 0 Å². The molecule has 2 aromatic rings. The van der Waals surface area contributed by atoms with E-state index in [1.165, 1.54) is 10.4 Å². The van der Waals surface area contributed by atoms with Crippen LogP contribution in [0.2, 0.25) is 5.04 Å². The van der Waals surface area contributed by atoms with Crippen LogP contribution in [0.15, 0.2) is 73.3 Å². The van der Waals surface area contributed by atoms with Crippen LogP contribution in [0, 0.1) is 5.92 Å². The predicted octanol–water partition coefficient (Wildman–Crippen LogP) is 4.12. The lowest BCUT2D eigenvalue weighted by Gasteiger charge is -2.43. The van der Waals surface area contributed by atoms with Crippen molar-refractivity contribution in [2.75, 3.05) is 12.9 Å². The Morgan fingerprint density at radius 2 is 1.47 bits per heavy atom. The lowest BCUT2D eigenvalue weighted by Crippen LogP contribution is -2.66. The molecule has 6 heteroatoms. The Morgan fingerprint density at radius 1 is 1.00 bits per heavy atom. The Morgan fingerprint density at radius 3 is 1.83 bits per heavy atom. The number of hydrogen-bond donors (Lipinski definition) is 0. The number of benzene rings is 2. The largest absolute Gasteiger partial charge is 0.407 e. The summed E-state index contributed by atoms with van der Waals surface area (Å²) >= 11 is 0. The molecule has 0 N–H and O–H groups in total. The zero-order valence-electron chi connectivity index (χ0n) is 18.7. The van der Waals surface area contributed by atoms with Crippen LogP contribution in [0.5, 0.6) is 0 Å². The van der Waals surface area contributed by atoms with Crippen LogP contribution in [0.3, 0.4) is 0 Å². The SMILES string of the molecule is C=C[C@@H](CO[Si](c1ccccc1)(c1ccccc1)C(C)(C)C)C[C@@H](C)OS(C)(=O)=O. The molecule has 0 bridgehead atoms. The van der Waals surface area contributed by atoms with Gasteiger partial charge in [-0.05, 0) is 28.8 Å². The van der Waals surface area contributed by atoms with Gasteiger partial charge in [-0.1, -0.05) is 87.5 Å². The molecule has 4 nitrogen and oxygen atoms in total. The van der Waals surface area contributed by atoms with Crippen LogP contribution in [0.4, 0.5) is 0 Å². The van der Waals surface area contributed by atoms with E-state index in [2.05, 4.69) is 75.9 Å². The maximum atomic E-state index is 11.5. The maximum Gasteiger partial charge on any atom is 0.264 e. The monoisotopic (exact) mass is 446 g/mol. The van der Waals surface area contributed by atoms with Crippen LogP contribution in [-0.4, -0.2) is 35.7 Å². The molecule has 0 saturated carbocycles. The fourth-order valence-corrected chi connectivity index (χ4v) is 9.28. The lowest BCUT2D eigenvalue weighted by atomic mass is 10.0. The highest BCUT2D eigenvalue weighted by atomic mass is 32.2. The van der Waals surface area contributed by atoms with E-state index in [0.29, 0.717) is 13.0 Å². The van der Waals surface area contributed by atoms with Crippen molar-refractivity contribution in [2.24, 2.45) is 5.92 Å². The van der Waals surface area contributed by atoms with E-state index in [1.54, 1.807) is 6.92 Å². The molecule has 30 heavy (non-hydrogen) atoms. The molecule has 0 heterocycles. The Bertz CT molecular complexity index is 866. The van der Waals surface area contributed by atoms with E-state index in [0.717, 1.165) is 6.26 Å². The molecule has 0 aliphatic rings. The Kier molecular flexibility index (Phi) is 8.22. The molecule has 0 amide bonds. The fourth-order valence-electron chi connectivity index (χ4n) is 3.99. The highest BCUT2D eigenvalue weighted by Gasteiger charge is 2.50. The zero-order chi connectivity index (χ0) is 22.4. The summed E-state index contributed by atoms with van der Waals surface area (Å²) in [4.78, 5) is 0. The second-order valence-electron chi connectivity index (χ2n) is 8.82. The van der Waals surface area contributed by atoms with Gasteiger partial charge in [-0.2, -0.15) is 8.42 Å². The number of hydrogen-bond acceptors (Lipinski definition) is 4. The molecule has 2 rings (SSSR count). The van der Waals surface area contributed by atoms with Crippen molar-refractivity contribution >= 4 is 28.8 Å². The van der Waals surface area contributed by atoms with E-state index in [4.69, 9.17) is 8.61 Å². The van der Waals surface area contributed by atoms with Gasteiger partial charge < -0.3 is 4.43 Å². The maximum absolute atomic E-state index is 11.5. The van der Waals surface area contributed by atoms with E-state index >= 15 is 0 Å². The Balaban J connectivity index is 2.39. The summed E-state index contributed by atoms with van der Waals surface area (Å²) in [5.41, 5.74) is 0. The molecule has 0 radical (unpaired) electrons. The summed E-state index contributed by atoms with van der Waals surface area (Å²) in [6.07, 6.45) is 2.99. The third kappa shape index (κ3) is 6.14. The fraction of sp³-hybridized carbons (Fsp3) is 0.417. The molecule has 2 aromatic carbocycles. The van der Waals surface area contributed by atoms with E-state index < -0.39 is 24.5 Å². The van der Waals surface area contributed by atoms with Gasteiger partial charge in [0.15, 0.2) is 0 Å². The average molecular weight is 447 g/mol. The lowest BCUT2D eigenvalue weighted by molar-refractivity contribution is 0.174. The molecular formula is C24H34O4SSi. The van der Waals surface area contributed by atoms with Crippen molar-refractivity contribution in [2.45, 2.75) is 45.3 Å². The molecule has 0 saturated heterocycles. The first-order chi connectivity index (χ1) is 14.0. The van der Waals surface area contributed by atoms with Crippen molar-refractivity contribution in [3.8, 4) is 0 Å². The topological polar surface area (TPSA) is 52.6 Å². The summed E-state index contributed by atoms with van der Waals surface area (Å²) in [5, 5.41) is 2.31. The zero-order valence-corrected chi connectivity index (χ0v) is 20.5. The van der Waals surface area contributed by atoms with Gasteiger partial charge in [0.2, 0.25) is 0 Å². The van der Waals surface area contributed by atoms with Gasteiger partial charge >= 0.3 is 0 Å². The summed E-state index contributed by atoms with van der Waals surface area (Å²) in [6, 6.07) is 20.9. The van der Waals surface area contributed by atoms with Gasteiger partial charge in [0.1, 0.15) is 0 Å². The molecule has 2 atom stereocenters. The second kappa shape index (κ2) is 10.0. The first-order valence-corrected chi connectivity index (χ1v) is 14.0. The van der Waals surface area contributed by atoms with Gasteiger partial charge in [-0.25, -0.2) is 0 Å². The van der Waals surface area contributed by atoms with Crippen molar-refractivity contribution in [1.29, 1.82) is 0 Å². The van der Waals surface area contributed by atoms with Gasteiger partial charge in [0.05, 0.1) is 12.4 Å². The number of rotatable bonds is 10. The molecule has 0 aliphatic heterocycles. The van der Waals surface area contributed by atoms with E-state index in [1.807, 2.05) is 18.2 Å². The molecule has 0 fully saturated rings. The second-order valence-corrected chi connectivity index (χ2v) is 14.7. The van der Waals surface area contributed by atoms with Crippen molar-refractivity contribution < 1.29 is 17.0 Å². The summed E-state index contributed by atoms with van der Waals surface area (Å²) in [6.45, 7) is 12.9. The standard InChI is InChI=1S/C24H34O4SSi/c1-7-21(18-20(2)28-29(6,25)26)19-27-30(24(3,4)5,22-14-10-8-11-15-22)23-16-12-9-13-17-23/h7-17,20-21H,1,18-19H2,2-6H3/t20-,21-/m1/s1. The van der Waals surface area contributed by atoms with E-state index in [9.17, 15) is 8.42 Å². The third-order valence-electron chi connectivity index (χ3n) is 5.24. The third-order valence-corrected chi connectivity index (χ3v) is 10.9. The summed E-state index contributed by atoms with van der Waals surface area (Å²) in [7, 11) is -6.13.